The lowest BCUT2D eigenvalue weighted by Crippen LogP contribution is -2.18. The number of aromatic amines is 1. The second-order valence-electron chi connectivity index (χ2n) is 5.33. The standard InChI is InChI=1S/C15H22N4OS/c1-4-19-14(20)17-18-15(19)21-13-7-5-12(6-8-13)10-16-9-11(2)3/h5-8,11,16H,4,9-10H2,1-3H3,(H,17,20). The largest absolute Gasteiger partial charge is 0.343 e. The van der Waals surface area contributed by atoms with Crippen LogP contribution in [-0.4, -0.2) is 21.3 Å². The molecular formula is C15H22N4OS. The Morgan fingerprint density at radius 1 is 1.33 bits per heavy atom. The highest BCUT2D eigenvalue weighted by Gasteiger charge is 2.08. The van der Waals surface area contributed by atoms with E-state index in [1.165, 1.54) is 17.3 Å². The Morgan fingerprint density at radius 2 is 2.05 bits per heavy atom. The summed E-state index contributed by atoms with van der Waals surface area (Å²) in [6.45, 7) is 8.85. The summed E-state index contributed by atoms with van der Waals surface area (Å²) in [5, 5.41) is 10.7. The van der Waals surface area contributed by atoms with Crippen molar-refractivity contribution in [3.05, 3.63) is 40.3 Å². The Labute approximate surface area is 129 Å². The Bertz CT molecular complexity index is 615. The van der Waals surface area contributed by atoms with Gasteiger partial charge in [-0.1, -0.05) is 26.0 Å². The van der Waals surface area contributed by atoms with E-state index in [9.17, 15) is 4.79 Å². The van der Waals surface area contributed by atoms with Gasteiger partial charge in [0.05, 0.1) is 0 Å². The quantitative estimate of drug-likeness (QED) is 0.825. The van der Waals surface area contributed by atoms with Gasteiger partial charge in [-0.25, -0.2) is 9.89 Å². The average molecular weight is 306 g/mol. The van der Waals surface area contributed by atoms with Gasteiger partial charge in [0.25, 0.3) is 0 Å². The van der Waals surface area contributed by atoms with Crippen molar-refractivity contribution in [3.63, 3.8) is 0 Å². The molecule has 0 bridgehead atoms. The van der Waals surface area contributed by atoms with Crippen molar-refractivity contribution >= 4 is 11.8 Å². The maximum Gasteiger partial charge on any atom is 0.343 e. The third-order valence-electron chi connectivity index (χ3n) is 3.05. The first-order valence-electron chi connectivity index (χ1n) is 7.23. The van der Waals surface area contributed by atoms with Crippen molar-refractivity contribution in [2.75, 3.05) is 6.54 Å². The van der Waals surface area contributed by atoms with Gasteiger partial charge in [0.2, 0.25) is 0 Å². The Hall–Kier alpha value is -1.53. The molecule has 0 aliphatic rings. The number of H-pyrrole nitrogens is 1. The first kappa shape index (κ1) is 15.9. The fraction of sp³-hybridized carbons (Fsp3) is 0.467. The fourth-order valence-corrected chi connectivity index (χ4v) is 2.84. The highest BCUT2D eigenvalue weighted by atomic mass is 32.2. The van der Waals surface area contributed by atoms with Crippen molar-refractivity contribution in [1.82, 2.24) is 20.1 Å². The summed E-state index contributed by atoms with van der Waals surface area (Å²) in [5.74, 6) is 0.658. The lowest BCUT2D eigenvalue weighted by atomic mass is 10.2. The molecule has 2 aromatic rings. The number of rotatable bonds is 7. The predicted molar refractivity (Wildman–Crippen MR) is 85.6 cm³/mol. The molecule has 0 saturated heterocycles. The summed E-state index contributed by atoms with van der Waals surface area (Å²) in [7, 11) is 0. The normalized spacial score (nSPS) is 11.2. The van der Waals surface area contributed by atoms with Gasteiger partial charge in [0, 0.05) is 18.0 Å². The monoisotopic (exact) mass is 306 g/mol. The van der Waals surface area contributed by atoms with Crippen LogP contribution in [0.15, 0.2) is 39.1 Å². The first-order chi connectivity index (χ1) is 10.1. The summed E-state index contributed by atoms with van der Waals surface area (Å²) in [6, 6.07) is 8.35. The van der Waals surface area contributed by atoms with E-state index in [0.29, 0.717) is 17.6 Å². The van der Waals surface area contributed by atoms with Crippen LogP contribution < -0.4 is 11.0 Å². The molecule has 0 atom stereocenters. The zero-order chi connectivity index (χ0) is 15.2. The van der Waals surface area contributed by atoms with Crippen LogP contribution in [0.3, 0.4) is 0 Å². The second kappa shape index (κ2) is 7.47. The number of nitrogens with zero attached hydrogens (tertiary/aromatic N) is 2. The summed E-state index contributed by atoms with van der Waals surface area (Å²) >= 11 is 1.50. The number of hydrogen-bond acceptors (Lipinski definition) is 4. The lowest BCUT2D eigenvalue weighted by molar-refractivity contribution is 0.552. The molecule has 0 aliphatic carbocycles. The molecule has 1 aromatic heterocycles. The first-order valence-corrected chi connectivity index (χ1v) is 8.04. The van der Waals surface area contributed by atoms with Crippen LogP contribution in [-0.2, 0) is 13.1 Å². The highest BCUT2D eigenvalue weighted by molar-refractivity contribution is 7.99. The minimum absolute atomic E-state index is 0.158. The van der Waals surface area contributed by atoms with E-state index in [1.54, 1.807) is 4.57 Å². The molecular weight excluding hydrogens is 284 g/mol. The zero-order valence-electron chi connectivity index (χ0n) is 12.7. The molecule has 5 nitrogen and oxygen atoms in total. The van der Waals surface area contributed by atoms with Gasteiger partial charge in [0.1, 0.15) is 0 Å². The van der Waals surface area contributed by atoms with E-state index in [0.717, 1.165) is 18.0 Å². The molecule has 0 aliphatic heterocycles. The number of hydrogen-bond donors (Lipinski definition) is 2. The van der Waals surface area contributed by atoms with Crippen molar-refractivity contribution in [2.24, 2.45) is 5.92 Å². The third-order valence-corrected chi connectivity index (χ3v) is 4.06. The molecule has 2 N–H and O–H groups in total. The minimum Gasteiger partial charge on any atom is -0.312 e. The van der Waals surface area contributed by atoms with Crippen molar-refractivity contribution in [3.8, 4) is 0 Å². The van der Waals surface area contributed by atoms with Gasteiger partial charge in [-0.15, -0.1) is 5.10 Å². The van der Waals surface area contributed by atoms with E-state index in [2.05, 4.69) is 53.6 Å². The van der Waals surface area contributed by atoms with Crippen LogP contribution >= 0.6 is 11.8 Å². The Balaban J connectivity index is 1.97. The van der Waals surface area contributed by atoms with E-state index >= 15 is 0 Å². The predicted octanol–water partition coefficient (Wildman–Crippen LogP) is 2.49. The molecule has 0 fully saturated rings. The highest BCUT2D eigenvalue weighted by Crippen LogP contribution is 2.25. The van der Waals surface area contributed by atoms with Crippen LogP contribution in [0.1, 0.15) is 26.3 Å². The van der Waals surface area contributed by atoms with E-state index in [1.807, 2.05) is 6.92 Å². The third kappa shape index (κ3) is 4.47. The smallest absolute Gasteiger partial charge is 0.312 e. The fourth-order valence-electron chi connectivity index (χ4n) is 1.95. The molecule has 114 valence electrons. The number of nitrogens with one attached hydrogen (secondary N) is 2. The van der Waals surface area contributed by atoms with Crippen LogP contribution in [0.2, 0.25) is 0 Å². The molecule has 21 heavy (non-hydrogen) atoms. The number of benzene rings is 1. The maximum absolute atomic E-state index is 11.5. The van der Waals surface area contributed by atoms with Crippen LogP contribution in [0.5, 0.6) is 0 Å². The molecule has 0 spiro atoms. The van der Waals surface area contributed by atoms with Gasteiger partial charge in [0.15, 0.2) is 5.16 Å². The van der Waals surface area contributed by atoms with Gasteiger partial charge in [-0.05, 0) is 48.8 Å². The zero-order valence-corrected chi connectivity index (χ0v) is 13.5. The molecule has 6 heteroatoms. The SMILES string of the molecule is CCn1c(Sc2ccc(CNCC(C)C)cc2)n[nH]c1=O. The molecule has 0 saturated carbocycles. The summed E-state index contributed by atoms with van der Waals surface area (Å²) < 4.78 is 1.63. The second-order valence-corrected chi connectivity index (χ2v) is 6.37. The maximum atomic E-state index is 11.5. The van der Waals surface area contributed by atoms with E-state index in [4.69, 9.17) is 0 Å². The molecule has 0 radical (unpaired) electrons. The van der Waals surface area contributed by atoms with Gasteiger partial charge < -0.3 is 5.32 Å². The van der Waals surface area contributed by atoms with Crippen LogP contribution in [0.4, 0.5) is 0 Å². The molecule has 2 rings (SSSR count). The van der Waals surface area contributed by atoms with Crippen molar-refractivity contribution < 1.29 is 0 Å². The molecule has 0 amide bonds. The van der Waals surface area contributed by atoms with E-state index in [-0.39, 0.29) is 5.69 Å². The topological polar surface area (TPSA) is 62.7 Å². The Kier molecular flexibility index (Phi) is 5.64. The Morgan fingerprint density at radius 3 is 2.67 bits per heavy atom. The lowest BCUT2D eigenvalue weighted by Gasteiger charge is -2.08. The van der Waals surface area contributed by atoms with Gasteiger partial charge >= 0.3 is 5.69 Å². The summed E-state index contributed by atoms with van der Waals surface area (Å²) in [5.41, 5.74) is 1.10. The summed E-state index contributed by atoms with van der Waals surface area (Å²) in [6.07, 6.45) is 0. The minimum atomic E-state index is -0.158. The molecule has 1 aromatic carbocycles. The van der Waals surface area contributed by atoms with Crippen LogP contribution in [0, 0.1) is 5.92 Å². The number of aromatic nitrogens is 3. The average Bonchev–Trinajstić information content (AvgIpc) is 2.80. The molecule has 0 unspecified atom stereocenters. The van der Waals surface area contributed by atoms with Crippen molar-refractivity contribution in [1.29, 1.82) is 0 Å². The summed E-state index contributed by atoms with van der Waals surface area (Å²) in [4.78, 5) is 12.6. The van der Waals surface area contributed by atoms with Gasteiger partial charge in [-0.3, -0.25) is 4.57 Å². The molecule has 1 heterocycles. The van der Waals surface area contributed by atoms with E-state index < -0.39 is 0 Å². The van der Waals surface area contributed by atoms with Crippen molar-refractivity contribution in [2.45, 2.75) is 43.9 Å². The van der Waals surface area contributed by atoms with Gasteiger partial charge in [-0.2, -0.15) is 0 Å². The van der Waals surface area contributed by atoms with Crippen LogP contribution in [0.25, 0.3) is 0 Å².